The van der Waals surface area contributed by atoms with Crippen LogP contribution in [0.15, 0.2) is 40.8 Å². The van der Waals surface area contributed by atoms with Crippen molar-refractivity contribution in [3.63, 3.8) is 0 Å². The molecule has 4 nitrogen and oxygen atoms in total. The summed E-state index contributed by atoms with van der Waals surface area (Å²) in [5.41, 5.74) is 8.39. The van der Waals surface area contributed by atoms with E-state index in [9.17, 15) is 0 Å². The number of halogens is 1. The number of nitrogens with two attached hydrogens (primary N) is 1. The summed E-state index contributed by atoms with van der Waals surface area (Å²) in [6.45, 7) is 0. The number of fused-ring (bicyclic) bond motifs is 1. The van der Waals surface area contributed by atoms with E-state index in [1.807, 2.05) is 18.2 Å². The minimum absolute atomic E-state index is 0.466. The van der Waals surface area contributed by atoms with Gasteiger partial charge in [0.25, 0.3) is 0 Å². The topological polar surface area (TPSA) is 61.3 Å². The normalized spacial score (nSPS) is 10.8. The lowest BCUT2D eigenvalue weighted by molar-refractivity contribution is 0.415. The molecule has 0 bridgehead atoms. The Hall–Kier alpha value is -2.20. The standard InChI is InChI=1S/C14H11ClN2O2/c1-18-9-3-5-13-12(7-9)17-14(19-13)10-4-2-8(16)6-11(10)15/h2-7H,16H2,1H3. The molecule has 0 fully saturated rings. The maximum absolute atomic E-state index is 6.15. The fourth-order valence-electron chi connectivity index (χ4n) is 1.85. The Morgan fingerprint density at radius 1 is 1.21 bits per heavy atom. The van der Waals surface area contributed by atoms with Crippen molar-refractivity contribution in [2.75, 3.05) is 12.8 Å². The zero-order valence-electron chi connectivity index (χ0n) is 10.2. The first-order valence-corrected chi connectivity index (χ1v) is 6.05. The summed E-state index contributed by atoms with van der Waals surface area (Å²) in [5.74, 6) is 1.20. The lowest BCUT2D eigenvalue weighted by atomic mass is 10.2. The number of ether oxygens (including phenoxy) is 1. The monoisotopic (exact) mass is 274 g/mol. The molecule has 0 amide bonds. The number of aromatic nitrogens is 1. The third-order valence-corrected chi connectivity index (χ3v) is 3.13. The number of nitrogens with zero attached hydrogens (tertiary/aromatic N) is 1. The second-order valence-corrected chi connectivity index (χ2v) is 4.50. The molecule has 0 aliphatic rings. The molecule has 0 atom stereocenters. The van der Waals surface area contributed by atoms with Gasteiger partial charge in [-0.1, -0.05) is 11.6 Å². The van der Waals surface area contributed by atoms with Crippen LogP contribution < -0.4 is 10.5 Å². The van der Waals surface area contributed by atoms with Crippen LogP contribution in [-0.4, -0.2) is 12.1 Å². The van der Waals surface area contributed by atoms with Crippen molar-refractivity contribution < 1.29 is 9.15 Å². The Morgan fingerprint density at radius 3 is 2.79 bits per heavy atom. The molecule has 19 heavy (non-hydrogen) atoms. The minimum atomic E-state index is 0.466. The number of hydrogen-bond donors (Lipinski definition) is 1. The summed E-state index contributed by atoms with van der Waals surface area (Å²) >= 11 is 6.15. The van der Waals surface area contributed by atoms with Gasteiger partial charge in [-0.25, -0.2) is 4.98 Å². The van der Waals surface area contributed by atoms with Crippen molar-refractivity contribution >= 4 is 28.4 Å². The summed E-state index contributed by atoms with van der Waals surface area (Å²) in [6, 6.07) is 10.7. The van der Waals surface area contributed by atoms with Crippen LogP contribution in [0.1, 0.15) is 0 Å². The van der Waals surface area contributed by atoms with Crippen LogP contribution in [0.3, 0.4) is 0 Å². The quantitative estimate of drug-likeness (QED) is 0.723. The molecular formula is C14H11ClN2O2. The number of rotatable bonds is 2. The Balaban J connectivity index is 2.14. The molecular weight excluding hydrogens is 264 g/mol. The summed E-state index contributed by atoms with van der Waals surface area (Å²) in [5, 5.41) is 0.513. The molecule has 0 aliphatic heterocycles. The van der Waals surface area contributed by atoms with Crippen LogP contribution >= 0.6 is 11.6 Å². The van der Waals surface area contributed by atoms with E-state index in [-0.39, 0.29) is 0 Å². The molecule has 5 heteroatoms. The SMILES string of the molecule is COc1ccc2oc(-c3ccc(N)cc3Cl)nc2c1. The first kappa shape index (κ1) is 11.9. The molecule has 0 unspecified atom stereocenters. The fraction of sp³-hybridized carbons (Fsp3) is 0.0714. The highest BCUT2D eigenvalue weighted by Crippen LogP contribution is 2.32. The number of methoxy groups -OCH3 is 1. The highest BCUT2D eigenvalue weighted by atomic mass is 35.5. The van der Waals surface area contributed by atoms with Gasteiger partial charge in [-0.05, 0) is 30.3 Å². The Kier molecular flexibility index (Phi) is 2.80. The molecule has 1 aromatic heterocycles. The molecule has 2 aromatic carbocycles. The van der Waals surface area contributed by atoms with Gasteiger partial charge in [0, 0.05) is 11.8 Å². The lowest BCUT2D eigenvalue weighted by Gasteiger charge is -1.99. The van der Waals surface area contributed by atoms with E-state index in [4.69, 9.17) is 26.5 Å². The first-order chi connectivity index (χ1) is 9.17. The maximum atomic E-state index is 6.15. The van der Waals surface area contributed by atoms with Gasteiger partial charge in [0.15, 0.2) is 5.58 Å². The zero-order chi connectivity index (χ0) is 13.4. The van der Waals surface area contributed by atoms with Crippen LogP contribution in [0.2, 0.25) is 5.02 Å². The number of oxazole rings is 1. The van der Waals surface area contributed by atoms with Crippen molar-refractivity contribution in [2.24, 2.45) is 0 Å². The summed E-state index contributed by atoms with van der Waals surface area (Å²) in [6.07, 6.45) is 0. The van der Waals surface area contributed by atoms with E-state index in [0.29, 0.717) is 27.7 Å². The molecule has 0 radical (unpaired) electrons. The smallest absolute Gasteiger partial charge is 0.228 e. The van der Waals surface area contributed by atoms with Gasteiger partial charge in [-0.2, -0.15) is 0 Å². The second kappa shape index (κ2) is 4.48. The van der Waals surface area contributed by atoms with Gasteiger partial charge in [0.05, 0.1) is 17.7 Å². The largest absolute Gasteiger partial charge is 0.497 e. The van der Waals surface area contributed by atoms with Gasteiger partial charge in [-0.3, -0.25) is 0 Å². The number of nitrogen functional groups attached to an aromatic ring is 1. The maximum Gasteiger partial charge on any atom is 0.228 e. The average molecular weight is 275 g/mol. The van der Waals surface area contributed by atoms with E-state index in [2.05, 4.69) is 4.98 Å². The molecule has 0 spiro atoms. The van der Waals surface area contributed by atoms with Crippen molar-refractivity contribution in [1.82, 2.24) is 4.98 Å². The van der Waals surface area contributed by atoms with Gasteiger partial charge in [0.1, 0.15) is 11.3 Å². The summed E-state index contributed by atoms with van der Waals surface area (Å²) in [4.78, 5) is 4.41. The molecule has 0 saturated carbocycles. The first-order valence-electron chi connectivity index (χ1n) is 5.67. The number of benzene rings is 2. The van der Waals surface area contributed by atoms with Crippen molar-refractivity contribution in [3.8, 4) is 17.2 Å². The van der Waals surface area contributed by atoms with Crippen LogP contribution in [0.4, 0.5) is 5.69 Å². The van der Waals surface area contributed by atoms with E-state index in [1.165, 1.54) is 0 Å². The van der Waals surface area contributed by atoms with E-state index in [1.54, 1.807) is 25.3 Å². The van der Waals surface area contributed by atoms with Gasteiger partial charge in [-0.15, -0.1) is 0 Å². The van der Waals surface area contributed by atoms with Gasteiger partial charge < -0.3 is 14.9 Å². The Bertz CT molecular complexity index is 752. The molecule has 1 heterocycles. The van der Waals surface area contributed by atoms with Crippen molar-refractivity contribution in [1.29, 1.82) is 0 Å². The molecule has 96 valence electrons. The highest BCUT2D eigenvalue weighted by Gasteiger charge is 2.12. The average Bonchev–Trinajstić information content (AvgIpc) is 2.80. The summed E-state index contributed by atoms with van der Waals surface area (Å²) in [7, 11) is 1.61. The third-order valence-electron chi connectivity index (χ3n) is 2.82. The molecule has 3 rings (SSSR count). The minimum Gasteiger partial charge on any atom is -0.497 e. The van der Waals surface area contributed by atoms with E-state index >= 15 is 0 Å². The number of anilines is 1. The molecule has 0 saturated heterocycles. The van der Waals surface area contributed by atoms with Crippen molar-refractivity contribution in [2.45, 2.75) is 0 Å². The second-order valence-electron chi connectivity index (χ2n) is 4.09. The van der Waals surface area contributed by atoms with Crippen LogP contribution in [0, 0.1) is 0 Å². The van der Waals surface area contributed by atoms with E-state index < -0.39 is 0 Å². The zero-order valence-corrected chi connectivity index (χ0v) is 10.9. The lowest BCUT2D eigenvalue weighted by Crippen LogP contribution is -1.86. The van der Waals surface area contributed by atoms with E-state index in [0.717, 1.165) is 11.3 Å². The predicted octanol–water partition coefficient (Wildman–Crippen LogP) is 3.74. The van der Waals surface area contributed by atoms with Crippen LogP contribution in [0.5, 0.6) is 5.75 Å². The Morgan fingerprint density at radius 2 is 2.05 bits per heavy atom. The summed E-state index contributed by atoms with van der Waals surface area (Å²) < 4.78 is 10.8. The van der Waals surface area contributed by atoms with Crippen LogP contribution in [-0.2, 0) is 0 Å². The third kappa shape index (κ3) is 2.11. The van der Waals surface area contributed by atoms with Gasteiger partial charge >= 0.3 is 0 Å². The Labute approximate surface area is 114 Å². The fourth-order valence-corrected chi connectivity index (χ4v) is 2.12. The number of hydrogen-bond acceptors (Lipinski definition) is 4. The van der Waals surface area contributed by atoms with Crippen LogP contribution in [0.25, 0.3) is 22.6 Å². The molecule has 0 aliphatic carbocycles. The van der Waals surface area contributed by atoms with Gasteiger partial charge in [0.2, 0.25) is 5.89 Å². The molecule has 3 aromatic rings. The molecule has 2 N–H and O–H groups in total. The predicted molar refractivity (Wildman–Crippen MR) is 75.4 cm³/mol. The van der Waals surface area contributed by atoms with Crippen molar-refractivity contribution in [3.05, 3.63) is 41.4 Å². The highest BCUT2D eigenvalue weighted by molar-refractivity contribution is 6.33.